The van der Waals surface area contributed by atoms with Gasteiger partial charge in [-0.1, -0.05) is 11.4 Å². The first-order valence-electron chi connectivity index (χ1n) is 6.66. The lowest BCUT2D eigenvalue weighted by molar-refractivity contribution is 0.329. The molecule has 0 amide bonds. The minimum atomic E-state index is -2.70. The van der Waals surface area contributed by atoms with Crippen LogP contribution in [0.25, 0.3) is 0 Å². The summed E-state index contributed by atoms with van der Waals surface area (Å²) >= 11 is 0. The standard InChI is InChI=1S/C12H29NO3Si4/c1-11-17(4,5)14-19(8,9)16-20(10,13-3)15-18(6,7)12-2/h11-12H,1-3H2,4-10H3. The average Bonchev–Trinajstić information content (AvgIpc) is 2.26. The monoisotopic (exact) mass is 347 g/mol. The normalized spacial score (nSPS) is 16.4. The molecular weight excluding hydrogens is 318 g/mol. The topological polar surface area (TPSA) is 40.0 Å². The fraction of sp³-hybridized carbons (Fsp3) is 0.583. The van der Waals surface area contributed by atoms with E-state index < -0.39 is 33.9 Å². The van der Waals surface area contributed by atoms with Crippen LogP contribution in [0.2, 0.25) is 45.8 Å². The van der Waals surface area contributed by atoms with Crippen LogP contribution in [-0.4, -0.2) is 40.6 Å². The van der Waals surface area contributed by atoms with Gasteiger partial charge in [-0.25, -0.2) is 0 Å². The SMILES string of the molecule is C=C[Si](C)(C)O[Si](C)(C)O[Si](C)(N=C)O[Si](C)(C)C=C. The first-order chi connectivity index (χ1) is 8.80. The molecule has 0 aromatic rings. The zero-order chi connectivity index (χ0) is 16.2. The van der Waals surface area contributed by atoms with Gasteiger partial charge in [-0.3, -0.25) is 4.66 Å². The van der Waals surface area contributed by atoms with Gasteiger partial charge in [-0.05, 0) is 52.5 Å². The van der Waals surface area contributed by atoms with E-state index in [0.717, 1.165) is 0 Å². The molecule has 20 heavy (non-hydrogen) atoms. The molecule has 0 heterocycles. The van der Waals surface area contributed by atoms with E-state index >= 15 is 0 Å². The Morgan fingerprint density at radius 1 is 0.750 bits per heavy atom. The van der Waals surface area contributed by atoms with Gasteiger partial charge in [0.1, 0.15) is 0 Å². The highest BCUT2D eigenvalue weighted by molar-refractivity contribution is 6.91. The van der Waals surface area contributed by atoms with Crippen molar-refractivity contribution in [2.24, 2.45) is 4.66 Å². The predicted molar refractivity (Wildman–Crippen MR) is 97.3 cm³/mol. The molecule has 1 unspecified atom stereocenters. The van der Waals surface area contributed by atoms with Gasteiger partial charge in [-0.2, -0.15) is 0 Å². The molecule has 0 rings (SSSR count). The van der Waals surface area contributed by atoms with Crippen LogP contribution in [0.15, 0.2) is 29.2 Å². The van der Waals surface area contributed by atoms with Crippen molar-refractivity contribution in [3.8, 4) is 0 Å². The second-order valence-corrected chi connectivity index (χ2v) is 21.0. The minimum absolute atomic E-state index is 1.88. The van der Waals surface area contributed by atoms with Gasteiger partial charge < -0.3 is 12.3 Å². The molecule has 116 valence electrons. The van der Waals surface area contributed by atoms with Gasteiger partial charge in [0, 0.05) is 0 Å². The van der Waals surface area contributed by atoms with Gasteiger partial charge in [0.05, 0.1) is 0 Å². The largest absolute Gasteiger partial charge is 0.455 e. The van der Waals surface area contributed by atoms with Crippen molar-refractivity contribution in [3.05, 3.63) is 24.6 Å². The van der Waals surface area contributed by atoms with E-state index in [1.54, 1.807) is 0 Å². The molecule has 8 heteroatoms. The van der Waals surface area contributed by atoms with E-state index in [2.05, 4.69) is 50.7 Å². The van der Waals surface area contributed by atoms with E-state index in [4.69, 9.17) is 12.3 Å². The lowest BCUT2D eigenvalue weighted by Gasteiger charge is -2.38. The second-order valence-electron chi connectivity index (χ2n) is 6.38. The van der Waals surface area contributed by atoms with Gasteiger partial charge in [0.15, 0.2) is 8.32 Å². The fourth-order valence-corrected chi connectivity index (χ4v) is 16.7. The highest BCUT2D eigenvalue weighted by atomic mass is 28.5. The van der Waals surface area contributed by atoms with Gasteiger partial charge in [0.25, 0.3) is 0 Å². The van der Waals surface area contributed by atoms with Gasteiger partial charge in [0.2, 0.25) is 8.32 Å². The molecule has 0 aliphatic heterocycles. The van der Waals surface area contributed by atoms with E-state index in [0.29, 0.717) is 0 Å². The smallest absolute Gasteiger partial charge is 0.433 e. The zero-order valence-corrected chi connectivity index (χ0v) is 17.9. The van der Waals surface area contributed by atoms with E-state index in [9.17, 15) is 0 Å². The molecule has 0 aromatic heterocycles. The molecule has 1 atom stereocenters. The number of rotatable bonds is 9. The van der Waals surface area contributed by atoms with Crippen LogP contribution in [0.3, 0.4) is 0 Å². The third-order valence-electron chi connectivity index (χ3n) is 2.67. The quantitative estimate of drug-likeness (QED) is 0.469. The van der Waals surface area contributed by atoms with Gasteiger partial charge >= 0.3 is 17.3 Å². The van der Waals surface area contributed by atoms with E-state index in [1.165, 1.54) is 0 Å². The maximum Gasteiger partial charge on any atom is 0.455 e. The van der Waals surface area contributed by atoms with E-state index in [-0.39, 0.29) is 0 Å². The lowest BCUT2D eigenvalue weighted by atomic mass is 11.3. The van der Waals surface area contributed by atoms with Gasteiger partial charge in [-0.15, -0.1) is 13.2 Å². The molecule has 0 saturated heterocycles. The Hall–Kier alpha value is -0.102. The van der Waals surface area contributed by atoms with Crippen LogP contribution in [0.4, 0.5) is 0 Å². The maximum atomic E-state index is 6.23. The lowest BCUT2D eigenvalue weighted by Crippen LogP contribution is -2.56. The summed E-state index contributed by atoms with van der Waals surface area (Å²) in [6, 6.07) is 0. The Morgan fingerprint density at radius 2 is 1.15 bits per heavy atom. The molecule has 0 aliphatic carbocycles. The van der Waals surface area contributed by atoms with Crippen molar-refractivity contribution in [1.29, 1.82) is 0 Å². The molecule has 0 bridgehead atoms. The molecule has 0 spiro atoms. The van der Waals surface area contributed by atoms with Crippen LogP contribution in [0, 0.1) is 0 Å². The molecule has 0 aliphatic rings. The molecule has 0 fully saturated rings. The molecule has 0 radical (unpaired) electrons. The van der Waals surface area contributed by atoms with Crippen LogP contribution in [0.1, 0.15) is 0 Å². The van der Waals surface area contributed by atoms with E-state index in [1.807, 2.05) is 31.0 Å². The highest BCUT2D eigenvalue weighted by Gasteiger charge is 2.45. The summed E-state index contributed by atoms with van der Waals surface area (Å²) in [7, 11) is -8.92. The van der Waals surface area contributed by atoms with Crippen molar-refractivity contribution < 1.29 is 12.3 Å². The third-order valence-corrected chi connectivity index (χ3v) is 16.4. The zero-order valence-electron chi connectivity index (χ0n) is 13.9. The number of hydrogen-bond donors (Lipinski definition) is 0. The summed E-state index contributed by atoms with van der Waals surface area (Å²) in [5.74, 6) is 0. The summed E-state index contributed by atoms with van der Waals surface area (Å²) < 4.78 is 22.8. The van der Waals surface area contributed by atoms with Crippen molar-refractivity contribution in [2.75, 3.05) is 0 Å². The Morgan fingerprint density at radius 3 is 1.50 bits per heavy atom. The average molecular weight is 348 g/mol. The van der Waals surface area contributed by atoms with Crippen LogP contribution in [0.5, 0.6) is 0 Å². The first kappa shape index (κ1) is 19.9. The summed E-state index contributed by atoms with van der Waals surface area (Å²) in [6.07, 6.45) is 0. The summed E-state index contributed by atoms with van der Waals surface area (Å²) in [4.78, 5) is 0. The molecule has 0 aromatic carbocycles. The summed E-state index contributed by atoms with van der Waals surface area (Å²) in [5, 5.41) is 0. The van der Waals surface area contributed by atoms with Crippen LogP contribution < -0.4 is 0 Å². The summed E-state index contributed by atoms with van der Waals surface area (Å²) in [6.45, 7) is 25.6. The third kappa shape index (κ3) is 7.06. The Balaban J connectivity index is 5.06. The van der Waals surface area contributed by atoms with Crippen molar-refractivity contribution in [2.45, 2.75) is 45.8 Å². The second kappa shape index (κ2) is 6.77. The van der Waals surface area contributed by atoms with Crippen molar-refractivity contribution >= 4 is 40.6 Å². The number of hydrogen-bond acceptors (Lipinski definition) is 4. The van der Waals surface area contributed by atoms with Crippen LogP contribution >= 0.6 is 0 Å². The minimum Gasteiger partial charge on any atom is -0.433 e. The Bertz CT molecular complexity index is 385. The van der Waals surface area contributed by atoms with Crippen LogP contribution in [-0.2, 0) is 12.3 Å². The number of nitrogens with zero attached hydrogens (tertiary/aromatic N) is 1. The fourth-order valence-electron chi connectivity index (χ4n) is 1.77. The predicted octanol–water partition coefficient (Wildman–Crippen LogP) is 3.87. The molecule has 4 nitrogen and oxygen atoms in total. The summed E-state index contributed by atoms with van der Waals surface area (Å²) in [5.41, 5.74) is 3.79. The molecule has 0 saturated carbocycles. The maximum absolute atomic E-state index is 6.23. The van der Waals surface area contributed by atoms with Crippen molar-refractivity contribution in [3.63, 3.8) is 0 Å². The highest BCUT2D eigenvalue weighted by Crippen LogP contribution is 2.24. The molecular formula is C12H29NO3Si4. The van der Waals surface area contributed by atoms with Crippen molar-refractivity contribution in [1.82, 2.24) is 0 Å². The Labute approximate surface area is 128 Å². The molecule has 0 N–H and O–H groups in total. The Kier molecular flexibility index (Phi) is 6.74. The first-order valence-corrected chi connectivity index (χ1v) is 17.7.